The van der Waals surface area contributed by atoms with Crippen molar-refractivity contribution in [2.24, 2.45) is 5.92 Å². The summed E-state index contributed by atoms with van der Waals surface area (Å²) < 4.78 is 0. The lowest BCUT2D eigenvalue weighted by Crippen LogP contribution is -2.40. The van der Waals surface area contributed by atoms with Gasteiger partial charge in [-0.3, -0.25) is 14.6 Å². The van der Waals surface area contributed by atoms with Crippen LogP contribution in [0, 0.1) is 17.2 Å². The van der Waals surface area contributed by atoms with Crippen LogP contribution in [-0.4, -0.2) is 23.3 Å². The van der Waals surface area contributed by atoms with E-state index in [1.165, 1.54) is 0 Å². The molecular formula is C19H20N4O2. The Kier molecular flexibility index (Phi) is 6.24. The number of aromatic nitrogens is 1. The minimum absolute atomic E-state index is 0.130. The van der Waals surface area contributed by atoms with Crippen molar-refractivity contribution in [2.45, 2.75) is 19.9 Å². The van der Waals surface area contributed by atoms with Crippen LogP contribution in [0.1, 0.15) is 41.5 Å². The second kappa shape index (κ2) is 8.60. The second-order valence-electron chi connectivity index (χ2n) is 5.92. The van der Waals surface area contributed by atoms with Gasteiger partial charge in [0, 0.05) is 11.8 Å². The number of pyridine rings is 1. The summed E-state index contributed by atoms with van der Waals surface area (Å²) in [4.78, 5) is 28.5. The fraction of sp³-hybridized carbons (Fsp3) is 0.263. The predicted octanol–water partition coefficient (Wildman–Crippen LogP) is 2.20. The van der Waals surface area contributed by atoms with E-state index >= 15 is 0 Å². The molecule has 128 valence electrons. The number of carbonyl (C=O) groups is 2. The average molecular weight is 336 g/mol. The first-order valence-electron chi connectivity index (χ1n) is 8.00. The van der Waals surface area contributed by atoms with Gasteiger partial charge in [-0.2, -0.15) is 5.26 Å². The van der Waals surface area contributed by atoms with Crippen molar-refractivity contribution in [1.29, 1.82) is 5.26 Å². The quantitative estimate of drug-likeness (QED) is 0.845. The van der Waals surface area contributed by atoms with Crippen molar-refractivity contribution < 1.29 is 9.59 Å². The van der Waals surface area contributed by atoms with Gasteiger partial charge in [-0.05, 0) is 42.3 Å². The molecule has 1 aromatic carbocycles. The summed E-state index contributed by atoms with van der Waals surface area (Å²) in [5.74, 6) is -0.488. The van der Waals surface area contributed by atoms with Crippen LogP contribution in [0.3, 0.4) is 0 Å². The van der Waals surface area contributed by atoms with Gasteiger partial charge in [0.1, 0.15) is 0 Å². The van der Waals surface area contributed by atoms with Crippen molar-refractivity contribution in [2.75, 3.05) is 6.54 Å². The normalized spacial score (nSPS) is 11.4. The summed E-state index contributed by atoms with van der Waals surface area (Å²) in [5.41, 5.74) is 1.66. The van der Waals surface area contributed by atoms with Gasteiger partial charge >= 0.3 is 0 Å². The molecule has 0 aliphatic heterocycles. The zero-order chi connectivity index (χ0) is 18.2. The Morgan fingerprint density at radius 1 is 1.16 bits per heavy atom. The van der Waals surface area contributed by atoms with E-state index in [2.05, 4.69) is 15.6 Å². The smallest absolute Gasteiger partial charge is 0.251 e. The zero-order valence-electron chi connectivity index (χ0n) is 14.2. The lowest BCUT2D eigenvalue weighted by atomic mass is 10.0. The van der Waals surface area contributed by atoms with E-state index in [0.717, 1.165) is 5.69 Å². The first-order valence-corrected chi connectivity index (χ1v) is 8.00. The van der Waals surface area contributed by atoms with Crippen LogP contribution >= 0.6 is 0 Å². The summed E-state index contributed by atoms with van der Waals surface area (Å²) in [6, 6.07) is 13.5. The highest BCUT2D eigenvalue weighted by Crippen LogP contribution is 2.18. The van der Waals surface area contributed by atoms with E-state index in [0.29, 0.717) is 11.1 Å². The van der Waals surface area contributed by atoms with Gasteiger partial charge in [0.25, 0.3) is 5.91 Å². The summed E-state index contributed by atoms with van der Waals surface area (Å²) >= 11 is 0. The average Bonchev–Trinajstić information content (AvgIpc) is 2.64. The Morgan fingerprint density at radius 2 is 1.88 bits per heavy atom. The fourth-order valence-corrected chi connectivity index (χ4v) is 2.33. The van der Waals surface area contributed by atoms with Crippen LogP contribution in [-0.2, 0) is 4.79 Å². The first kappa shape index (κ1) is 18.1. The van der Waals surface area contributed by atoms with Crippen molar-refractivity contribution in [3.05, 3.63) is 65.5 Å². The molecule has 0 aliphatic rings. The molecule has 2 rings (SSSR count). The van der Waals surface area contributed by atoms with Gasteiger partial charge in [0.2, 0.25) is 5.91 Å². The van der Waals surface area contributed by atoms with Crippen molar-refractivity contribution in [1.82, 2.24) is 15.6 Å². The lowest BCUT2D eigenvalue weighted by Gasteiger charge is -2.22. The molecule has 0 radical (unpaired) electrons. The Balaban J connectivity index is 1.92. The predicted molar refractivity (Wildman–Crippen MR) is 93.4 cm³/mol. The third kappa shape index (κ3) is 5.15. The Hall–Kier alpha value is -3.20. The Bertz CT molecular complexity index is 764. The molecule has 0 spiro atoms. The largest absolute Gasteiger partial charge is 0.346 e. The number of nitrogens with zero attached hydrogens (tertiary/aromatic N) is 2. The van der Waals surface area contributed by atoms with Crippen molar-refractivity contribution in [3.63, 3.8) is 0 Å². The molecule has 0 aliphatic carbocycles. The highest BCUT2D eigenvalue weighted by molar-refractivity contribution is 5.96. The van der Waals surface area contributed by atoms with Gasteiger partial charge in [0.15, 0.2) is 0 Å². The van der Waals surface area contributed by atoms with Crippen LogP contribution in [0.25, 0.3) is 0 Å². The molecule has 1 atom stereocenters. The maximum absolute atomic E-state index is 12.2. The summed E-state index contributed by atoms with van der Waals surface area (Å²) in [6.07, 6.45) is 1.68. The molecule has 6 heteroatoms. The molecule has 25 heavy (non-hydrogen) atoms. The Labute approximate surface area is 146 Å². The molecule has 2 amide bonds. The molecular weight excluding hydrogens is 316 g/mol. The number of hydrogen-bond acceptors (Lipinski definition) is 4. The molecule has 2 N–H and O–H groups in total. The van der Waals surface area contributed by atoms with Gasteiger partial charge in [-0.1, -0.05) is 19.9 Å². The molecule has 6 nitrogen and oxygen atoms in total. The van der Waals surface area contributed by atoms with E-state index in [9.17, 15) is 9.59 Å². The van der Waals surface area contributed by atoms with E-state index in [4.69, 9.17) is 5.26 Å². The third-order valence-electron chi connectivity index (χ3n) is 3.68. The van der Waals surface area contributed by atoms with Crippen LogP contribution in [0.2, 0.25) is 0 Å². The molecule has 1 heterocycles. The van der Waals surface area contributed by atoms with Crippen molar-refractivity contribution in [3.8, 4) is 6.07 Å². The zero-order valence-corrected chi connectivity index (χ0v) is 14.2. The highest BCUT2D eigenvalue weighted by Gasteiger charge is 2.19. The van der Waals surface area contributed by atoms with E-state index in [-0.39, 0.29) is 30.3 Å². The molecule has 1 aromatic heterocycles. The minimum Gasteiger partial charge on any atom is -0.346 e. The molecule has 0 saturated heterocycles. The summed E-state index contributed by atoms with van der Waals surface area (Å²) in [6.45, 7) is 3.86. The lowest BCUT2D eigenvalue weighted by molar-refractivity contribution is -0.121. The van der Waals surface area contributed by atoms with Gasteiger partial charge in [-0.15, -0.1) is 0 Å². The number of benzene rings is 1. The van der Waals surface area contributed by atoms with Crippen LogP contribution in [0.15, 0.2) is 48.7 Å². The van der Waals surface area contributed by atoms with Gasteiger partial charge in [-0.25, -0.2) is 0 Å². The monoisotopic (exact) mass is 336 g/mol. The molecule has 0 fully saturated rings. The number of hydrogen-bond donors (Lipinski definition) is 2. The second-order valence-corrected chi connectivity index (χ2v) is 5.92. The van der Waals surface area contributed by atoms with Crippen molar-refractivity contribution >= 4 is 11.8 Å². The first-order chi connectivity index (χ1) is 12.0. The van der Waals surface area contributed by atoms with Crippen LogP contribution < -0.4 is 10.6 Å². The minimum atomic E-state index is -0.362. The molecule has 2 aromatic rings. The number of carbonyl (C=O) groups excluding carboxylic acids is 2. The van der Waals surface area contributed by atoms with Gasteiger partial charge in [0.05, 0.1) is 29.9 Å². The van der Waals surface area contributed by atoms with Crippen LogP contribution in [0.4, 0.5) is 0 Å². The molecule has 1 unspecified atom stereocenters. The fourth-order valence-electron chi connectivity index (χ4n) is 2.33. The van der Waals surface area contributed by atoms with E-state index in [1.54, 1.807) is 30.5 Å². The Morgan fingerprint density at radius 3 is 2.44 bits per heavy atom. The van der Waals surface area contributed by atoms with E-state index in [1.807, 2.05) is 38.1 Å². The SMILES string of the molecule is CC(C)C(NC(=O)CNC(=O)c1ccc(C#N)cc1)c1ccccn1. The standard InChI is InChI=1S/C19H20N4O2/c1-13(2)18(16-5-3-4-10-21-16)23-17(24)12-22-19(25)15-8-6-14(11-20)7-9-15/h3-10,13,18H,12H2,1-2H3,(H,22,25)(H,23,24). The highest BCUT2D eigenvalue weighted by atomic mass is 16.2. The molecule has 0 saturated carbocycles. The number of nitrogens with one attached hydrogen (secondary N) is 2. The maximum Gasteiger partial charge on any atom is 0.251 e. The summed E-state index contributed by atoms with van der Waals surface area (Å²) in [7, 11) is 0. The number of nitriles is 1. The third-order valence-corrected chi connectivity index (χ3v) is 3.68. The van der Waals surface area contributed by atoms with Crippen LogP contribution in [0.5, 0.6) is 0 Å². The topological polar surface area (TPSA) is 94.9 Å². The summed E-state index contributed by atoms with van der Waals surface area (Å²) in [5, 5.41) is 14.2. The van der Waals surface area contributed by atoms with Gasteiger partial charge < -0.3 is 10.6 Å². The number of rotatable bonds is 6. The molecule has 0 bridgehead atoms. The number of amides is 2. The van der Waals surface area contributed by atoms with E-state index < -0.39 is 0 Å². The maximum atomic E-state index is 12.2.